The van der Waals surface area contributed by atoms with E-state index >= 15 is 0 Å². The van der Waals surface area contributed by atoms with Gasteiger partial charge in [0.1, 0.15) is 0 Å². The summed E-state index contributed by atoms with van der Waals surface area (Å²) in [5.41, 5.74) is 1.16. The molecule has 0 bridgehead atoms. The number of rotatable bonds is 7. The Bertz CT molecular complexity index is 496. The van der Waals surface area contributed by atoms with Crippen molar-refractivity contribution >= 4 is 42.3 Å². The van der Waals surface area contributed by atoms with Gasteiger partial charge in [0.2, 0.25) is 5.91 Å². The molecule has 8 heteroatoms. The van der Waals surface area contributed by atoms with Gasteiger partial charge in [-0.3, -0.25) is 9.69 Å². The Kier molecular flexibility index (Phi) is 12.5. The van der Waals surface area contributed by atoms with E-state index in [1.165, 1.54) is 0 Å². The number of hydrogen-bond acceptors (Lipinski definition) is 4. The molecule has 0 spiro atoms. The molecular formula is C17H28Cl3N3O2. The molecule has 0 aromatic heterocycles. The molecule has 1 fully saturated rings. The number of carbonyl (C=O) groups is 1. The van der Waals surface area contributed by atoms with Crippen LogP contribution in [-0.2, 0) is 9.53 Å². The number of ether oxygens (including phenoxy) is 1. The third-order valence-corrected chi connectivity index (χ3v) is 4.42. The van der Waals surface area contributed by atoms with Crippen molar-refractivity contribution in [3.8, 4) is 0 Å². The number of nitrogens with one attached hydrogen (secondary N) is 2. The molecule has 5 nitrogen and oxygen atoms in total. The van der Waals surface area contributed by atoms with E-state index in [-0.39, 0.29) is 42.7 Å². The lowest BCUT2D eigenvalue weighted by Gasteiger charge is -2.35. The summed E-state index contributed by atoms with van der Waals surface area (Å²) in [6.45, 7) is 6.40. The minimum atomic E-state index is -0.0458. The summed E-state index contributed by atoms with van der Waals surface area (Å²) in [6.07, 6.45) is 0. The molecule has 0 aliphatic carbocycles. The molecule has 1 heterocycles. The van der Waals surface area contributed by atoms with E-state index in [0.717, 1.165) is 36.9 Å². The first-order valence-corrected chi connectivity index (χ1v) is 8.49. The molecule has 0 radical (unpaired) electrons. The van der Waals surface area contributed by atoms with Crippen LogP contribution < -0.4 is 10.6 Å². The highest BCUT2D eigenvalue weighted by Crippen LogP contribution is 2.23. The smallest absolute Gasteiger partial charge is 0.224 e. The fourth-order valence-electron chi connectivity index (χ4n) is 2.80. The number of hydrogen-bond donors (Lipinski definition) is 2. The van der Waals surface area contributed by atoms with Crippen LogP contribution in [0.25, 0.3) is 0 Å². The molecular weight excluding hydrogens is 385 g/mol. The van der Waals surface area contributed by atoms with E-state index in [9.17, 15) is 4.79 Å². The molecule has 0 saturated carbocycles. The Hall–Kier alpha value is -0.560. The molecule has 144 valence electrons. The summed E-state index contributed by atoms with van der Waals surface area (Å²) in [6, 6.07) is 8.00. The molecule has 1 aliphatic heterocycles. The zero-order valence-corrected chi connectivity index (χ0v) is 17.1. The van der Waals surface area contributed by atoms with Gasteiger partial charge < -0.3 is 15.4 Å². The first-order valence-electron chi connectivity index (χ1n) is 8.11. The minimum Gasteiger partial charge on any atom is -0.379 e. The molecule has 2 N–H and O–H groups in total. The van der Waals surface area contributed by atoms with Gasteiger partial charge in [-0.2, -0.15) is 0 Å². The van der Waals surface area contributed by atoms with Gasteiger partial charge in [-0.1, -0.05) is 30.7 Å². The lowest BCUT2D eigenvalue weighted by Crippen LogP contribution is -2.45. The van der Waals surface area contributed by atoms with Crippen molar-refractivity contribution in [1.29, 1.82) is 0 Å². The molecule has 1 saturated heterocycles. The molecule has 1 aromatic rings. The maximum atomic E-state index is 12.2. The largest absolute Gasteiger partial charge is 0.379 e. The Labute approximate surface area is 167 Å². The third kappa shape index (κ3) is 7.69. The fourth-order valence-corrected chi connectivity index (χ4v) is 2.93. The van der Waals surface area contributed by atoms with Gasteiger partial charge in [-0.15, -0.1) is 24.8 Å². The first-order chi connectivity index (χ1) is 11.1. The van der Waals surface area contributed by atoms with E-state index in [4.69, 9.17) is 16.3 Å². The Balaban J connectivity index is 0.00000288. The van der Waals surface area contributed by atoms with Gasteiger partial charge in [-0.05, 0) is 24.7 Å². The van der Waals surface area contributed by atoms with Crippen LogP contribution in [0, 0.1) is 5.92 Å². The number of morpholine rings is 1. The summed E-state index contributed by atoms with van der Waals surface area (Å²) >= 11 is 6.00. The molecule has 2 unspecified atom stereocenters. The Morgan fingerprint density at radius 3 is 2.36 bits per heavy atom. The highest BCUT2D eigenvalue weighted by atomic mass is 35.5. The van der Waals surface area contributed by atoms with Crippen LogP contribution in [0.3, 0.4) is 0 Å². The van der Waals surface area contributed by atoms with Gasteiger partial charge in [0.15, 0.2) is 0 Å². The molecule has 2 atom stereocenters. The third-order valence-electron chi connectivity index (χ3n) is 4.17. The van der Waals surface area contributed by atoms with Crippen molar-refractivity contribution in [3.05, 3.63) is 34.9 Å². The minimum absolute atomic E-state index is 0. The zero-order valence-electron chi connectivity index (χ0n) is 14.7. The number of halogens is 3. The summed E-state index contributed by atoms with van der Waals surface area (Å²) in [5.74, 6) is 0.0297. The average Bonchev–Trinajstić information content (AvgIpc) is 2.57. The SMILES string of the molecule is CNCC(C)C(=O)NCC(c1ccc(Cl)cc1)N1CCOCC1.Cl.Cl. The molecule has 1 aromatic carbocycles. The average molecular weight is 413 g/mol. The quantitative estimate of drug-likeness (QED) is 0.722. The van der Waals surface area contributed by atoms with Crippen LogP contribution in [0.5, 0.6) is 0 Å². The summed E-state index contributed by atoms with van der Waals surface area (Å²) < 4.78 is 5.44. The Morgan fingerprint density at radius 2 is 1.80 bits per heavy atom. The number of amides is 1. The van der Waals surface area contributed by atoms with Gasteiger partial charge in [0, 0.05) is 37.1 Å². The second-order valence-electron chi connectivity index (χ2n) is 5.92. The van der Waals surface area contributed by atoms with E-state index in [1.807, 2.05) is 38.2 Å². The van der Waals surface area contributed by atoms with Crippen LogP contribution in [0.15, 0.2) is 24.3 Å². The highest BCUT2D eigenvalue weighted by molar-refractivity contribution is 6.30. The lowest BCUT2D eigenvalue weighted by molar-refractivity contribution is -0.124. The summed E-state index contributed by atoms with van der Waals surface area (Å²) in [7, 11) is 1.86. The van der Waals surface area contributed by atoms with Crippen molar-refractivity contribution in [2.24, 2.45) is 5.92 Å². The van der Waals surface area contributed by atoms with Crippen molar-refractivity contribution < 1.29 is 9.53 Å². The maximum absolute atomic E-state index is 12.2. The van der Waals surface area contributed by atoms with Gasteiger partial charge in [0.25, 0.3) is 0 Å². The van der Waals surface area contributed by atoms with Crippen LogP contribution in [0.2, 0.25) is 5.02 Å². The predicted octanol–water partition coefficient (Wildman–Crippen LogP) is 2.53. The number of benzene rings is 1. The lowest BCUT2D eigenvalue weighted by atomic mass is 10.0. The fraction of sp³-hybridized carbons (Fsp3) is 0.588. The second-order valence-corrected chi connectivity index (χ2v) is 6.36. The number of carbonyl (C=O) groups excluding carboxylic acids is 1. The van der Waals surface area contributed by atoms with E-state index in [2.05, 4.69) is 15.5 Å². The van der Waals surface area contributed by atoms with Crippen molar-refractivity contribution in [3.63, 3.8) is 0 Å². The standard InChI is InChI=1S/C17H26ClN3O2.2ClH/c1-13(11-19-2)17(22)20-12-16(21-7-9-23-10-8-21)14-3-5-15(18)6-4-14;;/h3-6,13,16,19H,7-12H2,1-2H3,(H,20,22);2*1H. The van der Waals surface area contributed by atoms with Gasteiger partial charge >= 0.3 is 0 Å². The molecule has 1 aliphatic rings. The van der Waals surface area contributed by atoms with Crippen LogP contribution in [0.4, 0.5) is 0 Å². The molecule has 2 rings (SSSR count). The zero-order chi connectivity index (χ0) is 16.7. The normalized spacial score (nSPS) is 16.9. The van der Waals surface area contributed by atoms with Gasteiger partial charge in [-0.25, -0.2) is 0 Å². The Morgan fingerprint density at radius 1 is 1.20 bits per heavy atom. The van der Waals surface area contributed by atoms with Crippen molar-refractivity contribution in [2.75, 3.05) is 46.4 Å². The predicted molar refractivity (Wildman–Crippen MR) is 107 cm³/mol. The van der Waals surface area contributed by atoms with E-state index in [1.54, 1.807) is 0 Å². The van der Waals surface area contributed by atoms with Crippen molar-refractivity contribution in [2.45, 2.75) is 13.0 Å². The maximum Gasteiger partial charge on any atom is 0.224 e. The monoisotopic (exact) mass is 411 g/mol. The van der Waals surface area contributed by atoms with Gasteiger partial charge in [0.05, 0.1) is 19.3 Å². The topological polar surface area (TPSA) is 53.6 Å². The van der Waals surface area contributed by atoms with Crippen LogP contribution in [-0.4, -0.2) is 57.2 Å². The summed E-state index contributed by atoms with van der Waals surface area (Å²) in [4.78, 5) is 14.5. The second kappa shape index (κ2) is 12.7. The van der Waals surface area contributed by atoms with Crippen LogP contribution in [0.1, 0.15) is 18.5 Å². The first kappa shape index (κ1) is 24.4. The van der Waals surface area contributed by atoms with E-state index < -0.39 is 0 Å². The summed E-state index contributed by atoms with van der Waals surface area (Å²) in [5, 5.41) is 6.84. The van der Waals surface area contributed by atoms with E-state index in [0.29, 0.717) is 13.1 Å². The van der Waals surface area contributed by atoms with Crippen LogP contribution >= 0.6 is 36.4 Å². The highest BCUT2D eigenvalue weighted by Gasteiger charge is 2.24. The number of nitrogens with zero attached hydrogens (tertiary/aromatic N) is 1. The molecule has 1 amide bonds. The molecule has 25 heavy (non-hydrogen) atoms. The van der Waals surface area contributed by atoms with Crippen molar-refractivity contribution in [1.82, 2.24) is 15.5 Å².